The van der Waals surface area contributed by atoms with Crippen molar-refractivity contribution in [3.05, 3.63) is 89.8 Å². The van der Waals surface area contributed by atoms with E-state index in [-0.39, 0.29) is 11.7 Å². The Morgan fingerprint density at radius 1 is 1.09 bits per heavy atom. The van der Waals surface area contributed by atoms with Crippen LogP contribution in [0.4, 0.5) is 4.39 Å². The number of benzene rings is 1. The quantitative estimate of drug-likeness (QED) is 0.315. The molecule has 1 amide bonds. The SMILES string of the molecule is NCCCn1nccc1CNC(=O)c1ccc(-c2ccnn2NCCc2cccc(F)c2)nc1. The van der Waals surface area contributed by atoms with E-state index in [1.54, 1.807) is 41.6 Å². The predicted octanol–water partition coefficient (Wildman–Crippen LogP) is 2.35. The van der Waals surface area contributed by atoms with Crippen molar-refractivity contribution in [3.63, 3.8) is 0 Å². The Morgan fingerprint density at radius 3 is 2.76 bits per heavy atom. The Morgan fingerprint density at radius 2 is 1.97 bits per heavy atom. The molecule has 0 aliphatic carbocycles. The third-order valence-corrected chi connectivity index (χ3v) is 5.30. The van der Waals surface area contributed by atoms with Gasteiger partial charge in [-0.05, 0) is 61.3 Å². The van der Waals surface area contributed by atoms with Crippen molar-refractivity contribution >= 4 is 5.91 Å². The average molecular weight is 463 g/mol. The van der Waals surface area contributed by atoms with Crippen LogP contribution in [0.5, 0.6) is 0 Å². The second kappa shape index (κ2) is 11.2. The number of aryl methyl sites for hydroxylation is 1. The van der Waals surface area contributed by atoms with Crippen LogP contribution in [0.15, 0.2) is 67.1 Å². The number of amides is 1. The molecule has 10 heteroatoms. The van der Waals surface area contributed by atoms with E-state index in [0.717, 1.165) is 29.9 Å². The molecule has 1 aromatic carbocycles. The lowest BCUT2D eigenvalue weighted by atomic mass is 10.1. The largest absolute Gasteiger partial charge is 0.346 e. The molecular formula is C24H27FN8O. The van der Waals surface area contributed by atoms with Gasteiger partial charge in [0.2, 0.25) is 0 Å². The van der Waals surface area contributed by atoms with Gasteiger partial charge in [0.1, 0.15) is 11.5 Å². The van der Waals surface area contributed by atoms with Crippen LogP contribution in [0.25, 0.3) is 11.4 Å². The van der Waals surface area contributed by atoms with E-state index >= 15 is 0 Å². The summed E-state index contributed by atoms with van der Waals surface area (Å²) in [6, 6.07) is 13.7. The van der Waals surface area contributed by atoms with Crippen molar-refractivity contribution in [2.45, 2.75) is 25.9 Å². The number of aromatic nitrogens is 5. The highest BCUT2D eigenvalue weighted by molar-refractivity contribution is 5.94. The van der Waals surface area contributed by atoms with E-state index in [9.17, 15) is 9.18 Å². The number of hydrogen-bond acceptors (Lipinski definition) is 6. The summed E-state index contributed by atoms with van der Waals surface area (Å²) < 4.78 is 15.2. The summed E-state index contributed by atoms with van der Waals surface area (Å²) in [6.07, 6.45) is 6.39. The van der Waals surface area contributed by atoms with E-state index in [2.05, 4.69) is 25.9 Å². The Kier molecular flexibility index (Phi) is 7.61. The van der Waals surface area contributed by atoms with Crippen LogP contribution in [-0.2, 0) is 19.5 Å². The number of nitrogens with one attached hydrogen (secondary N) is 2. The highest BCUT2D eigenvalue weighted by Gasteiger charge is 2.11. The molecule has 34 heavy (non-hydrogen) atoms. The standard InChI is InChI=1S/C24H27FN8O/c25-20-4-1-3-18(15-20)7-11-30-33-23(9-13-31-33)22-6-5-19(16-27-22)24(34)28-17-21-8-12-29-32(21)14-2-10-26/h1,3-6,8-9,12-13,15-16,30H,2,7,10-11,14,17,26H2,(H,28,34). The first kappa shape index (κ1) is 23.1. The summed E-state index contributed by atoms with van der Waals surface area (Å²) in [5.74, 6) is -0.463. The lowest BCUT2D eigenvalue weighted by Crippen LogP contribution is -2.25. The van der Waals surface area contributed by atoms with Crippen LogP contribution in [0.2, 0.25) is 0 Å². The molecule has 0 bridgehead atoms. The minimum atomic E-state index is -0.247. The Balaban J connectivity index is 1.33. The highest BCUT2D eigenvalue weighted by Crippen LogP contribution is 2.16. The van der Waals surface area contributed by atoms with Gasteiger partial charge in [0.05, 0.1) is 29.7 Å². The molecule has 3 aromatic heterocycles. The van der Waals surface area contributed by atoms with Crippen LogP contribution < -0.4 is 16.5 Å². The van der Waals surface area contributed by atoms with Gasteiger partial charge in [-0.15, -0.1) is 0 Å². The highest BCUT2D eigenvalue weighted by atomic mass is 19.1. The van der Waals surface area contributed by atoms with Crippen LogP contribution in [0.3, 0.4) is 0 Å². The molecule has 0 saturated carbocycles. The summed E-state index contributed by atoms with van der Waals surface area (Å²) in [4.78, 5) is 18.6. The zero-order chi connectivity index (χ0) is 23.8. The zero-order valence-corrected chi connectivity index (χ0v) is 18.7. The maximum absolute atomic E-state index is 13.3. The van der Waals surface area contributed by atoms with Gasteiger partial charge in [0.25, 0.3) is 5.91 Å². The summed E-state index contributed by atoms with van der Waals surface area (Å²) in [7, 11) is 0. The number of pyridine rings is 1. The lowest BCUT2D eigenvalue weighted by molar-refractivity contribution is 0.0949. The van der Waals surface area contributed by atoms with E-state index < -0.39 is 0 Å². The third-order valence-electron chi connectivity index (χ3n) is 5.30. The second-order valence-electron chi connectivity index (χ2n) is 7.72. The smallest absolute Gasteiger partial charge is 0.253 e. The molecule has 4 aromatic rings. The van der Waals surface area contributed by atoms with Crippen molar-refractivity contribution in [1.29, 1.82) is 0 Å². The van der Waals surface area contributed by atoms with Gasteiger partial charge in [0, 0.05) is 25.5 Å². The molecule has 0 atom stereocenters. The van der Waals surface area contributed by atoms with Crippen molar-refractivity contribution in [1.82, 2.24) is 30.0 Å². The summed E-state index contributed by atoms with van der Waals surface area (Å²) in [5, 5.41) is 11.4. The van der Waals surface area contributed by atoms with E-state index in [1.165, 1.54) is 12.1 Å². The molecule has 0 unspecified atom stereocenters. The molecule has 0 radical (unpaired) electrons. The van der Waals surface area contributed by atoms with Crippen molar-refractivity contribution in [2.75, 3.05) is 18.5 Å². The topological polar surface area (TPSA) is 116 Å². The van der Waals surface area contributed by atoms with Crippen LogP contribution in [0.1, 0.15) is 28.0 Å². The van der Waals surface area contributed by atoms with E-state index in [1.807, 2.05) is 22.9 Å². The minimum absolute atomic E-state index is 0.215. The van der Waals surface area contributed by atoms with E-state index in [0.29, 0.717) is 37.3 Å². The second-order valence-corrected chi connectivity index (χ2v) is 7.72. The first-order chi connectivity index (χ1) is 16.6. The summed E-state index contributed by atoms with van der Waals surface area (Å²) in [5.41, 5.74) is 12.5. The fourth-order valence-corrected chi connectivity index (χ4v) is 3.53. The van der Waals surface area contributed by atoms with Crippen LogP contribution >= 0.6 is 0 Å². The van der Waals surface area contributed by atoms with Gasteiger partial charge in [-0.1, -0.05) is 12.1 Å². The number of rotatable bonds is 11. The molecule has 0 fully saturated rings. The van der Waals surface area contributed by atoms with Crippen molar-refractivity contribution in [2.24, 2.45) is 5.73 Å². The molecule has 3 heterocycles. The molecule has 176 valence electrons. The van der Waals surface area contributed by atoms with Gasteiger partial charge in [-0.25, -0.2) is 4.39 Å². The van der Waals surface area contributed by atoms with Crippen LogP contribution in [-0.4, -0.2) is 43.7 Å². The minimum Gasteiger partial charge on any atom is -0.346 e. The average Bonchev–Trinajstić information content (AvgIpc) is 3.51. The van der Waals surface area contributed by atoms with Gasteiger partial charge < -0.3 is 16.5 Å². The molecule has 0 aliphatic rings. The molecular weight excluding hydrogens is 435 g/mol. The molecule has 0 spiro atoms. The number of nitrogens with zero attached hydrogens (tertiary/aromatic N) is 5. The third kappa shape index (κ3) is 5.84. The number of halogens is 1. The monoisotopic (exact) mass is 462 g/mol. The Labute approximate surface area is 196 Å². The van der Waals surface area contributed by atoms with Gasteiger partial charge in [-0.2, -0.15) is 15.0 Å². The fourth-order valence-electron chi connectivity index (χ4n) is 3.53. The number of carbonyl (C=O) groups excluding carboxylic acids is 1. The first-order valence-electron chi connectivity index (χ1n) is 11.1. The van der Waals surface area contributed by atoms with Crippen molar-refractivity contribution < 1.29 is 9.18 Å². The number of nitrogens with two attached hydrogens (primary N) is 1. The predicted molar refractivity (Wildman–Crippen MR) is 127 cm³/mol. The lowest BCUT2D eigenvalue weighted by Gasteiger charge is -2.11. The molecule has 0 aliphatic heterocycles. The van der Waals surface area contributed by atoms with Crippen LogP contribution in [0, 0.1) is 5.82 Å². The van der Waals surface area contributed by atoms with Gasteiger partial charge in [0.15, 0.2) is 0 Å². The maximum atomic E-state index is 13.3. The van der Waals surface area contributed by atoms with Crippen molar-refractivity contribution in [3.8, 4) is 11.4 Å². The fraction of sp³-hybridized carbons (Fsp3) is 0.250. The Bertz CT molecular complexity index is 1220. The number of carbonyl (C=O) groups is 1. The molecule has 4 rings (SSSR count). The van der Waals surface area contributed by atoms with E-state index in [4.69, 9.17) is 5.73 Å². The maximum Gasteiger partial charge on any atom is 0.253 e. The number of hydrogen-bond donors (Lipinski definition) is 3. The molecule has 9 nitrogen and oxygen atoms in total. The van der Waals surface area contributed by atoms with Gasteiger partial charge >= 0.3 is 0 Å². The first-order valence-corrected chi connectivity index (χ1v) is 11.1. The summed E-state index contributed by atoms with van der Waals surface area (Å²) in [6.45, 7) is 2.24. The van der Waals surface area contributed by atoms with Gasteiger partial charge in [-0.3, -0.25) is 14.5 Å². The molecule has 4 N–H and O–H groups in total. The normalized spacial score (nSPS) is 10.9. The zero-order valence-electron chi connectivity index (χ0n) is 18.7. The molecule has 0 saturated heterocycles. The summed E-state index contributed by atoms with van der Waals surface area (Å²) >= 11 is 0. The Hall–Kier alpha value is -4.05.